The predicted molar refractivity (Wildman–Crippen MR) is 62.0 cm³/mol. The fourth-order valence-electron chi connectivity index (χ4n) is 0.902. The summed E-state index contributed by atoms with van der Waals surface area (Å²) < 4.78 is 0.860. The monoisotopic (exact) mass is 295 g/mol. The summed E-state index contributed by atoms with van der Waals surface area (Å²) in [7, 11) is 0. The number of halogens is 3. The first-order chi connectivity index (χ1) is 6.59. The Morgan fingerprint density at radius 2 is 2.21 bits per heavy atom. The number of rotatable bonds is 3. The van der Waals surface area contributed by atoms with Gasteiger partial charge in [0.2, 0.25) is 0 Å². The van der Waals surface area contributed by atoms with Gasteiger partial charge in [-0.3, -0.25) is 4.79 Å². The molecule has 1 aromatic rings. The molecule has 0 aliphatic carbocycles. The molecule has 0 saturated heterocycles. The third kappa shape index (κ3) is 3.86. The van der Waals surface area contributed by atoms with E-state index in [0.717, 1.165) is 4.47 Å². The van der Waals surface area contributed by atoms with Crippen molar-refractivity contribution in [3.63, 3.8) is 0 Å². The van der Waals surface area contributed by atoms with Gasteiger partial charge in [-0.15, -0.1) is 23.2 Å². The van der Waals surface area contributed by atoms with Gasteiger partial charge in [-0.1, -0.05) is 22.0 Å². The highest BCUT2D eigenvalue weighted by Crippen LogP contribution is 2.11. The summed E-state index contributed by atoms with van der Waals surface area (Å²) in [5.74, 6) is -0.183. The molecule has 0 atom stereocenters. The minimum absolute atomic E-state index is 0.183. The van der Waals surface area contributed by atoms with Crippen LogP contribution >= 0.6 is 39.1 Å². The predicted octanol–water partition coefficient (Wildman–Crippen LogP) is 2.98. The summed E-state index contributed by atoms with van der Waals surface area (Å²) in [5.41, 5.74) is 0.577. The third-order valence-electron chi connectivity index (χ3n) is 1.50. The second kappa shape index (κ2) is 5.59. The summed E-state index contributed by atoms with van der Waals surface area (Å²) in [6, 6.07) is 7.09. The van der Waals surface area contributed by atoms with E-state index in [-0.39, 0.29) is 12.5 Å². The zero-order chi connectivity index (χ0) is 10.6. The Balaban J connectivity index is 2.61. The van der Waals surface area contributed by atoms with Crippen LogP contribution in [0.2, 0.25) is 0 Å². The first kappa shape index (κ1) is 11.8. The average molecular weight is 297 g/mol. The molecule has 0 unspecified atom stereocenters. The van der Waals surface area contributed by atoms with E-state index >= 15 is 0 Å². The van der Waals surface area contributed by atoms with E-state index in [2.05, 4.69) is 21.2 Å². The zero-order valence-corrected chi connectivity index (χ0v) is 10.2. The van der Waals surface area contributed by atoms with Gasteiger partial charge >= 0.3 is 0 Å². The van der Waals surface area contributed by atoms with Crippen LogP contribution in [-0.4, -0.2) is 17.3 Å². The van der Waals surface area contributed by atoms with Crippen LogP contribution in [0.25, 0.3) is 0 Å². The fourth-order valence-corrected chi connectivity index (χ4v) is 1.46. The average Bonchev–Trinajstić information content (AvgIpc) is 2.14. The first-order valence-corrected chi connectivity index (χ1v) is 5.58. The molecule has 0 radical (unpaired) electrons. The molecule has 0 aliphatic heterocycles. The van der Waals surface area contributed by atoms with Crippen LogP contribution in [0.1, 0.15) is 10.4 Å². The number of amides is 1. The molecule has 1 N–H and O–H groups in total. The summed E-state index contributed by atoms with van der Waals surface area (Å²) >= 11 is 14.2. The minimum Gasteiger partial charge on any atom is -0.349 e. The number of nitrogens with one attached hydrogen (secondary N) is 1. The highest BCUT2D eigenvalue weighted by molar-refractivity contribution is 9.10. The molecule has 14 heavy (non-hydrogen) atoms. The maximum Gasteiger partial charge on any atom is 0.251 e. The third-order valence-corrected chi connectivity index (χ3v) is 2.31. The van der Waals surface area contributed by atoms with E-state index in [1.54, 1.807) is 18.2 Å². The molecule has 1 rings (SSSR count). The number of hydrogen-bond donors (Lipinski definition) is 1. The van der Waals surface area contributed by atoms with Crippen LogP contribution in [0.5, 0.6) is 0 Å². The van der Waals surface area contributed by atoms with Gasteiger partial charge in [0.25, 0.3) is 5.91 Å². The van der Waals surface area contributed by atoms with E-state index in [4.69, 9.17) is 23.2 Å². The molecule has 0 bridgehead atoms. The molecular formula is C9H8BrCl2NO. The molecule has 1 aromatic carbocycles. The first-order valence-electron chi connectivity index (χ1n) is 3.91. The molecule has 0 aromatic heterocycles. The maximum absolute atomic E-state index is 11.5. The number of benzene rings is 1. The largest absolute Gasteiger partial charge is 0.349 e. The normalized spacial score (nSPS) is 10.3. The van der Waals surface area contributed by atoms with Gasteiger partial charge in [-0.05, 0) is 18.2 Å². The van der Waals surface area contributed by atoms with Gasteiger partial charge in [0, 0.05) is 16.6 Å². The van der Waals surface area contributed by atoms with Crippen LogP contribution in [0.15, 0.2) is 28.7 Å². The lowest BCUT2D eigenvalue weighted by atomic mass is 10.2. The van der Waals surface area contributed by atoms with E-state index in [1.807, 2.05) is 6.07 Å². The van der Waals surface area contributed by atoms with Gasteiger partial charge in [-0.25, -0.2) is 0 Å². The van der Waals surface area contributed by atoms with Crippen molar-refractivity contribution in [2.24, 2.45) is 0 Å². The summed E-state index contributed by atoms with van der Waals surface area (Å²) in [4.78, 5) is 10.9. The Hall–Kier alpha value is -0.250. The van der Waals surface area contributed by atoms with Crippen molar-refractivity contribution in [3.8, 4) is 0 Å². The fraction of sp³-hybridized carbons (Fsp3) is 0.222. The molecule has 2 nitrogen and oxygen atoms in total. The zero-order valence-electron chi connectivity index (χ0n) is 7.14. The molecule has 5 heteroatoms. The molecule has 0 saturated carbocycles. The van der Waals surface area contributed by atoms with E-state index in [1.165, 1.54) is 0 Å². The Labute approximate surface area is 101 Å². The molecule has 1 amide bonds. The highest BCUT2D eigenvalue weighted by atomic mass is 79.9. The van der Waals surface area contributed by atoms with Gasteiger partial charge in [-0.2, -0.15) is 0 Å². The van der Waals surface area contributed by atoms with Crippen molar-refractivity contribution in [1.29, 1.82) is 0 Å². The SMILES string of the molecule is O=C(NCC(Cl)Cl)c1cccc(Br)c1. The van der Waals surface area contributed by atoms with Gasteiger partial charge in [0.05, 0.1) is 0 Å². The molecule has 0 heterocycles. The number of carbonyl (C=O) groups is 1. The van der Waals surface area contributed by atoms with E-state index in [0.29, 0.717) is 5.56 Å². The van der Waals surface area contributed by atoms with Crippen molar-refractivity contribution in [2.75, 3.05) is 6.54 Å². The molecule has 0 aliphatic rings. The van der Waals surface area contributed by atoms with E-state index < -0.39 is 4.84 Å². The molecule has 0 spiro atoms. The van der Waals surface area contributed by atoms with Crippen molar-refractivity contribution in [1.82, 2.24) is 5.32 Å². The standard InChI is InChI=1S/C9H8BrCl2NO/c10-7-3-1-2-6(4-7)9(14)13-5-8(11)12/h1-4,8H,5H2,(H,13,14). The quantitative estimate of drug-likeness (QED) is 0.854. The Bertz CT molecular complexity index is 330. The second-order valence-electron chi connectivity index (χ2n) is 2.61. The lowest BCUT2D eigenvalue weighted by Gasteiger charge is -2.05. The van der Waals surface area contributed by atoms with E-state index in [9.17, 15) is 4.79 Å². The maximum atomic E-state index is 11.5. The number of alkyl halides is 2. The summed E-state index contributed by atoms with van der Waals surface area (Å²) in [5, 5.41) is 2.60. The second-order valence-corrected chi connectivity index (χ2v) is 4.80. The lowest BCUT2D eigenvalue weighted by Crippen LogP contribution is -2.27. The topological polar surface area (TPSA) is 29.1 Å². The minimum atomic E-state index is -0.578. The Morgan fingerprint density at radius 3 is 2.79 bits per heavy atom. The molecular weight excluding hydrogens is 289 g/mol. The van der Waals surface area contributed by atoms with Crippen molar-refractivity contribution < 1.29 is 4.79 Å². The Kier molecular flexibility index (Phi) is 4.72. The van der Waals surface area contributed by atoms with Gasteiger partial charge < -0.3 is 5.32 Å². The smallest absolute Gasteiger partial charge is 0.251 e. The lowest BCUT2D eigenvalue weighted by molar-refractivity contribution is 0.0955. The van der Waals surface area contributed by atoms with Gasteiger partial charge in [0.15, 0.2) is 0 Å². The molecule has 76 valence electrons. The van der Waals surface area contributed by atoms with Crippen LogP contribution in [0, 0.1) is 0 Å². The summed E-state index contributed by atoms with van der Waals surface area (Å²) in [6.07, 6.45) is 0. The van der Waals surface area contributed by atoms with Crippen LogP contribution in [-0.2, 0) is 0 Å². The highest BCUT2D eigenvalue weighted by Gasteiger charge is 2.06. The van der Waals surface area contributed by atoms with Crippen LogP contribution in [0.3, 0.4) is 0 Å². The Morgan fingerprint density at radius 1 is 1.50 bits per heavy atom. The molecule has 0 fully saturated rings. The van der Waals surface area contributed by atoms with Crippen molar-refractivity contribution in [2.45, 2.75) is 4.84 Å². The van der Waals surface area contributed by atoms with Crippen molar-refractivity contribution in [3.05, 3.63) is 34.3 Å². The van der Waals surface area contributed by atoms with Crippen LogP contribution < -0.4 is 5.32 Å². The number of hydrogen-bond acceptors (Lipinski definition) is 1. The van der Waals surface area contributed by atoms with Crippen LogP contribution in [0.4, 0.5) is 0 Å². The van der Waals surface area contributed by atoms with Crippen molar-refractivity contribution >= 4 is 45.0 Å². The van der Waals surface area contributed by atoms with Gasteiger partial charge in [0.1, 0.15) is 4.84 Å². The summed E-state index contributed by atoms with van der Waals surface area (Å²) in [6.45, 7) is 0.245. The number of carbonyl (C=O) groups excluding carboxylic acids is 1.